The van der Waals surface area contributed by atoms with E-state index in [0.29, 0.717) is 10.4 Å². The topological polar surface area (TPSA) is 29.1 Å². The largest absolute Gasteiger partial charge is 0.349 e. The van der Waals surface area contributed by atoms with Crippen LogP contribution in [0.2, 0.25) is 0 Å². The number of carbonyl (C=O) groups excluding carboxylic acids is 1. The molecule has 0 saturated heterocycles. The van der Waals surface area contributed by atoms with E-state index in [9.17, 15) is 9.18 Å². The minimum absolute atomic E-state index is 0.0951. The molecule has 0 spiro atoms. The zero-order chi connectivity index (χ0) is 13.1. The molecule has 1 aromatic rings. The van der Waals surface area contributed by atoms with E-state index in [1.54, 1.807) is 12.1 Å². The molecular weight excluding hydrogens is 365 g/mol. The van der Waals surface area contributed by atoms with Gasteiger partial charge >= 0.3 is 0 Å². The third-order valence-electron chi connectivity index (χ3n) is 3.36. The van der Waals surface area contributed by atoms with E-state index in [4.69, 9.17) is 0 Å². The molecular formula is C13H14Br2FNO. The molecule has 5 heteroatoms. The summed E-state index contributed by atoms with van der Waals surface area (Å²) >= 11 is 6.68. The lowest BCUT2D eigenvalue weighted by molar-refractivity contribution is 0.0925. The Morgan fingerprint density at radius 2 is 2.22 bits per heavy atom. The Hall–Kier alpha value is -0.420. The van der Waals surface area contributed by atoms with Gasteiger partial charge in [0, 0.05) is 15.8 Å². The number of hydrogen-bond donors (Lipinski definition) is 1. The van der Waals surface area contributed by atoms with Gasteiger partial charge in [-0.3, -0.25) is 4.79 Å². The normalized spacial score (nSPS) is 23.1. The molecule has 2 atom stereocenters. The van der Waals surface area contributed by atoms with Gasteiger partial charge in [-0.05, 0) is 46.8 Å². The Morgan fingerprint density at radius 3 is 2.89 bits per heavy atom. The first-order valence-corrected chi connectivity index (χ1v) is 7.85. The number of benzene rings is 1. The van der Waals surface area contributed by atoms with Crippen LogP contribution >= 0.6 is 31.9 Å². The van der Waals surface area contributed by atoms with E-state index in [0.717, 1.165) is 24.6 Å². The number of nitrogens with one attached hydrogen (secondary N) is 1. The SMILES string of the molecule is O=C(NC1CCCC1CBr)c1c(F)cccc1Br. The van der Waals surface area contributed by atoms with E-state index in [2.05, 4.69) is 37.2 Å². The molecule has 1 aliphatic rings. The van der Waals surface area contributed by atoms with Gasteiger partial charge in [0.25, 0.3) is 5.91 Å². The fraction of sp³-hybridized carbons (Fsp3) is 0.462. The van der Waals surface area contributed by atoms with Crippen molar-refractivity contribution in [1.29, 1.82) is 0 Å². The first kappa shape index (κ1) is 14.0. The molecule has 1 fully saturated rings. The highest BCUT2D eigenvalue weighted by Gasteiger charge is 2.29. The monoisotopic (exact) mass is 377 g/mol. The highest BCUT2D eigenvalue weighted by molar-refractivity contribution is 9.10. The lowest BCUT2D eigenvalue weighted by atomic mass is 10.1. The van der Waals surface area contributed by atoms with Crippen molar-refractivity contribution in [2.45, 2.75) is 25.3 Å². The average Bonchev–Trinajstić information content (AvgIpc) is 2.76. The molecule has 0 bridgehead atoms. The molecule has 1 N–H and O–H groups in total. The molecule has 1 aromatic carbocycles. The zero-order valence-electron chi connectivity index (χ0n) is 9.76. The molecule has 0 radical (unpaired) electrons. The van der Waals surface area contributed by atoms with Crippen molar-refractivity contribution in [2.75, 3.05) is 5.33 Å². The summed E-state index contributed by atoms with van der Waals surface area (Å²) in [6.45, 7) is 0. The number of rotatable bonds is 3. The summed E-state index contributed by atoms with van der Waals surface area (Å²) in [5.41, 5.74) is 0.0951. The van der Waals surface area contributed by atoms with Gasteiger partial charge in [0.05, 0.1) is 5.56 Å². The first-order valence-electron chi connectivity index (χ1n) is 5.94. The Morgan fingerprint density at radius 1 is 1.44 bits per heavy atom. The third-order valence-corrected chi connectivity index (χ3v) is 4.86. The average molecular weight is 379 g/mol. The van der Waals surface area contributed by atoms with Crippen LogP contribution in [-0.2, 0) is 0 Å². The van der Waals surface area contributed by atoms with Gasteiger partial charge in [-0.25, -0.2) is 4.39 Å². The van der Waals surface area contributed by atoms with Crippen LogP contribution in [0, 0.1) is 11.7 Å². The predicted molar refractivity (Wildman–Crippen MR) is 76.5 cm³/mol. The summed E-state index contributed by atoms with van der Waals surface area (Å²) in [5.74, 6) is -0.382. The third kappa shape index (κ3) is 2.94. The van der Waals surface area contributed by atoms with Gasteiger partial charge in [-0.1, -0.05) is 28.4 Å². The summed E-state index contributed by atoms with van der Waals surface area (Å²) in [6, 6.07) is 4.70. The maximum absolute atomic E-state index is 13.7. The van der Waals surface area contributed by atoms with Crippen LogP contribution in [-0.4, -0.2) is 17.3 Å². The van der Waals surface area contributed by atoms with Gasteiger partial charge < -0.3 is 5.32 Å². The molecule has 1 aliphatic carbocycles. The zero-order valence-corrected chi connectivity index (χ0v) is 12.9. The summed E-state index contributed by atoms with van der Waals surface area (Å²) < 4.78 is 14.1. The highest BCUT2D eigenvalue weighted by Crippen LogP contribution is 2.28. The molecule has 98 valence electrons. The van der Waals surface area contributed by atoms with Crippen LogP contribution in [0.15, 0.2) is 22.7 Å². The van der Waals surface area contributed by atoms with Crippen molar-refractivity contribution in [3.05, 3.63) is 34.1 Å². The maximum atomic E-state index is 13.7. The Bertz CT molecular complexity index is 432. The molecule has 1 saturated carbocycles. The van der Waals surface area contributed by atoms with Gasteiger partial charge in [-0.2, -0.15) is 0 Å². The second-order valence-electron chi connectivity index (χ2n) is 4.52. The first-order chi connectivity index (χ1) is 8.63. The van der Waals surface area contributed by atoms with E-state index in [1.165, 1.54) is 6.07 Å². The molecule has 2 rings (SSSR count). The van der Waals surface area contributed by atoms with E-state index >= 15 is 0 Å². The fourth-order valence-electron chi connectivity index (χ4n) is 2.37. The van der Waals surface area contributed by atoms with Crippen molar-refractivity contribution in [2.24, 2.45) is 5.92 Å². The van der Waals surface area contributed by atoms with Crippen LogP contribution < -0.4 is 5.32 Å². The molecule has 1 amide bonds. The van der Waals surface area contributed by atoms with Crippen LogP contribution in [0.4, 0.5) is 4.39 Å². The van der Waals surface area contributed by atoms with Crippen LogP contribution in [0.5, 0.6) is 0 Å². The van der Waals surface area contributed by atoms with Gasteiger partial charge in [0.2, 0.25) is 0 Å². The number of hydrogen-bond acceptors (Lipinski definition) is 1. The highest BCUT2D eigenvalue weighted by atomic mass is 79.9. The van der Waals surface area contributed by atoms with Crippen molar-refractivity contribution in [1.82, 2.24) is 5.32 Å². The van der Waals surface area contributed by atoms with Crippen LogP contribution in [0.1, 0.15) is 29.6 Å². The lowest BCUT2D eigenvalue weighted by Crippen LogP contribution is -2.38. The number of carbonyl (C=O) groups is 1. The van der Waals surface area contributed by atoms with Gasteiger partial charge in [0.1, 0.15) is 5.82 Å². The molecule has 0 aromatic heterocycles. The van der Waals surface area contributed by atoms with Gasteiger partial charge in [-0.15, -0.1) is 0 Å². The summed E-state index contributed by atoms with van der Waals surface area (Å²) in [5, 5.41) is 3.81. The van der Waals surface area contributed by atoms with Crippen LogP contribution in [0.3, 0.4) is 0 Å². The van der Waals surface area contributed by atoms with Gasteiger partial charge in [0.15, 0.2) is 0 Å². The smallest absolute Gasteiger partial charge is 0.255 e. The summed E-state index contributed by atoms with van der Waals surface area (Å²) in [7, 11) is 0. The number of alkyl halides is 1. The Labute approximate surface area is 123 Å². The Balaban J connectivity index is 2.12. The number of halogens is 3. The lowest BCUT2D eigenvalue weighted by Gasteiger charge is -2.19. The van der Waals surface area contributed by atoms with Crippen LogP contribution in [0.25, 0.3) is 0 Å². The predicted octanol–water partition coefficient (Wildman–Crippen LogP) is 3.88. The van der Waals surface area contributed by atoms with E-state index in [1.807, 2.05) is 0 Å². The van der Waals surface area contributed by atoms with E-state index < -0.39 is 5.82 Å². The van der Waals surface area contributed by atoms with Crippen molar-refractivity contribution in [3.63, 3.8) is 0 Å². The standard InChI is InChI=1S/C13H14Br2FNO/c14-7-8-3-1-6-11(8)17-13(18)12-9(15)4-2-5-10(12)16/h2,4-5,8,11H,1,3,6-7H2,(H,17,18). The molecule has 2 nitrogen and oxygen atoms in total. The maximum Gasteiger partial charge on any atom is 0.255 e. The number of amides is 1. The molecule has 0 aliphatic heterocycles. The fourth-order valence-corrected chi connectivity index (χ4v) is 3.66. The molecule has 0 heterocycles. The minimum Gasteiger partial charge on any atom is -0.349 e. The van der Waals surface area contributed by atoms with Crippen molar-refractivity contribution < 1.29 is 9.18 Å². The van der Waals surface area contributed by atoms with E-state index in [-0.39, 0.29) is 17.5 Å². The minimum atomic E-state index is -0.490. The molecule has 2 unspecified atom stereocenters. The van der Waals surface area contributed by atoms with Crippen molar-refractivity contribution in [3.8, 4) is 0 Å². The second kappa shape index (κ2) is 6.15. The summed E-state index contributed by atoms with van der Waals surface area (Å²) in [6.07, 6.45) is 3.18. The summed E-state index contributed by atoms with van der Waals surface area (Å²) in [4.78, 5) is 12.1. The van der Waals surface area contributed by atoms with Crippen molar-refractivity contribution >= 4 is 37.8 Å². The second-order valence-corrected chi connectivity index (χ2v) is 6.02. The quantitative estimate of drug-likeness (QED) is 0.794. The Kier molecular flexibility index (Phi) is 4.78. The molecule has 18 heavy (non-hydrogen) atoms.